The lowest BCUT2D eigenvalue weighted by molar-refractivity contribution is 0.414. The van der Waals surface area contributed by atoms with Gasteiger partial charge in [0.2, 0.25) is 10.0 Å². The maximum atomic E-state index is 13.3. The van der Waals surface area contributed by atoms with Gasteiger partial charge in [0.05, 0.1) is 12.0 Å². The summed E-state index contributed by atoms with van der Waals surface area (Å²) in [6, 6.07) is 10.6. The Kier molecular flexibility index (Phi) is 5.38. The summed E-state index contributed by atoms with van der Waals surface area (Å²) >= 11 is 0. The summed E-state index contributed by atoms with van der Waals surface area (Å²) in [6.07, 6.45) is 0.589. The van der Waals surface area contributed by atoms with E-state index in [9.17, 15) is 12.8 Å². The molecule has 0 fully saturated rings. The van der Waals surface area contributed by atoms with E-state index in [1.165, 1.54) is 19.1 Å². The van der Waals surface area contributed by atoms with Crippen molar-refractivity contribution in [2.75, 3.05) is 7.11 Å². The van der Waals surface area contributed by atoms with Gasteiger partial charge in [-0.05, 0) is 54.8 Å². The predicted octanol–water partition coefficient (Wildman–Crippen LogP) is 3.57. The van der Waals surface area contributed by atoms with Crippen molar-refractivity contribution in [3.05, 3.63) is 59.4 Å². The topological polar surface area (TPSA) is 55.4 Å². The van der Waals surface area contributed by atoms with Gasteiger partial charge in [0.1, 0.15) is 11.6 Å². The third kappa shape index (κ3) is 4.09. The summed E-state index contributed by atoms with van der Waals surface area (Å²) in [5.74, 6) is 0.284. The maximum Gasteiger partial charge on any atom is 0.241 e. The Bertz CT molecular complexity index is 773. The smallest absolute Gasteiger partial charge is 0.241 e. The van der Waals surface area contributed by atoms with E-state index < -0.39 is 15.8 Å². The summed E-state index contributed by atoms with van der Waals surface area (Å²) < 4.78 is 46.1. The molecule has 0 amide bonds. The number of ether oxygens (including phenoxy) is 1. The summed E-state index contributed by atoms with van der Waals surface area (Å²) in [4.78, 5) is 0.0587. The van der Waals surface area contributed by atoms with Crippen molar-refractivity contribution < 1.29 is 17.5 Å². The van der Waals surface area contributed by atoms with Gasteiger partial charge in [0, 0.05) is 6.04 Å². The van der Waals surface area contributed by atoms with Gasteiger partial charge in [-0.15, -0.1) is 0 Å². The van der Waals surface area contributed by atoms with Gasteiger partial charge in [-0.3, -0.25) is 0 Å². The van der Waals surface area contributed by atoms with Gasteiger partial charge < -0.3 is 4.74 Å². The number of hydrogen-bond acceptors (Lipinski definition) is 3. The van der Waals surface area contributed by atoms with Crippen molar-refractivity contribution in [1.29, 1.82) is 0 Å². The second-order valence-corrected chi connectivity index (χ2v) is 6.98. The van der Waals surface area contributed by atoms with Crippen molar-refractivity contribution in [1.82, 2.24) is 4.72 Å². The Balaban J connectivity index is 2.26. The number of sulfonamides is 1. The summed E-state index contributed by atoms with van der Waals surface area (Å²) in [6.45, 7) is 3.43. The molecule has 0 saturated carbocycles. The second-order valence-electron chi connectivity index (χ2n) is 5.27. The van der Waals surface area contributed by atoms with Crippen molar-refractivity contribution in [3.8, 4) is 5.75 Å². The molecule has 0 bridgehead atoms. The quantitative estimate of drug-likeness (QED) is 0.877. The molecule has 0 radical (unpaired) electrons. The Morgan fingerprint density at radius 2 is 1.83 bits per heavy atom. The van der Waals surface area contributed by atoms with Gasteiger partial charge in [0.25, 0.3) is 0 Å². The van der Waals surface area contributed by atoms with Gasteiger partial charge in [-0.1, -0.05) is 19.1 Å². The molecule has 6 heteroatoms. The molecule has 0 saturated heterocycles. The number of benzene rings is 2. The van der Waals surface area contributed by atoms with Crippen LogP contribution in [0.15, 0.2) is 47.4 Å². The van der Waals surface area contributed by atoms with Gasteiger partial charge in [-0.25, -0.2) is 17.5 Å². The minimum atomic E-state index is -3.72. The van der Waals surface area contributed by atoms with Crippen LogP contribution in [-0.2, 0) is 10.0 Å². The molecule has 0 aliphatic heterocycles. The average molecular weight is 337 g/mol. The van der Waals surface area contributed by atoms with Crippen LogP contribution >= 0.6 is 0 Å². The van der Waals surface area contributed by atoms with Crippen LogP contribution < -0.4 is 9.46 Å². The molecule has 124 valence electrons. The molecule has 2 aromatic carbocycles. The Labute approximate surface area is 136 Å². The molecule has 0 aliphatic rings. The zero-order valence-corrected chi connectivity index (χ0v) is 14.2. The number of aryl methyl sites for hydroxylation is 1. The average Bonchev–Trinajstić information content (AvgIpc) is 2.55. The van der Waals surface area contributed by atoms with Crippen molar-refractivity contribution in [3.63, 3.8) is 0 Å². The molecule has 1 N–H and O–H groups in total. The highest BCUT2D eigenvalue weighted by molar-refractivity contribution is 7.89. The van der Waals surface area contributed by atoms with Crippen LogP contribution in [0.4, 0.5) is 4.39 Å². The fraction of sp³-hybridized carbons (Fsp3) is 0.294. The molecule has 0 heterocycles. The third-order valence-corrected chi connectivity index (χ3v) is 5.13. The van der Waals surface area contributed by atoms with Crippen LogP contribution in [0.25, 0.3) is 0 Å². The van der Waals surface area contributed by atoms with E-state index in [1.54, 1.807) is 19.2 Å². The van der Waals surface area contributed by atoms with E-state index in [0.717, 1.165) is 11.6 Å². The largest absolute Gasteiger partial charge is 0.497 e. The van der Waals surface area contributed by atoms with Crippen LogP contribution in [0.3, 0.4) is 0 Å². The summed E-state index contributed by atoms with van der Waals surface area (Å²) in [5.41, 5.74) is 1.14. The normalized spacial score (nSPS) is 12.9. The van der Waals surface area contributed by atoms with Crippen LogP contribution in [0.1, 0.15) is 30.5 Å². The first-order valence-electron chi connectivity index (χ1n) is 7.30. The first kappa shape index (κ1) is 17.4. The fourth-order valence-electron chi connectivity index (χ4n) is 2.26. The Hall–Kier alpha value is -1.92. The Morgan fingerprint density at radius 3 is 2.35 bits per heavy atom. The molecule has 2 rings (SSSR count). The first-order chi connectivity index (χ1) is 10.9. The molecule has 1 atom stereocenters. The van der Waals surface area contributed by atoms with Gasteiger partial charge in [-0.2, -0.15) is 0 Å². The van der Waals surface area contributed by atoms with E-state index >= 15 is 0 Å². The number of hydrogen-bond donors (Lipinski definition) is 1. The predicted molar refractivity (Wildman–Crippen MR) is 87.5 cm³/mol. The maximum absolute atomic E-state index is 13.3. The third-order valence-electron chi connectivity index (χ3n) is 3.66. The molecule has 1 unspecified atom stereocenters. The number of halogens is 1. The number of nitrogens with one attached hydrogen (secondary N) is 1. The molecular weight excluding hydrogens is 317 g/mol. The molecular formula is C17H20FNO3S. The lowest BCUT2D eigenvalue weighted by Crippen LogP contribution is -2.28. The minimum Gasteiger partial charge on any atom is -0.497 e. The van der Waals surface area contributed by atoms with E-state index in [0.29, 0.717) is 17.7 Å². The van der Waals surface area contributed by atoms with E-state index in [-0.39, 0.29) is 10.9 Å². The summed E-state index contributed by atoms with van der Waals surface area (Å²) in [7, 11) is -2.15. The fourth-order valence-corrected chi connectivity index (χ4v) is 3.66. The van der Waals surface area contributed by atoms with Crippen molar-refractivity contribution in [2.45, 2.75) is 31.2 Å². The van der Waals surface area contributed by atoms with Crippen molar-refractivity contribution >= 4 is 10.0 Å². The standard InChI is InChI=1S/C17H20FNO3S/c1-4-17(13-5-7-14(22-3)8-6-13)19-23(20,21)15-9-10-16(18)12(2)11-15/h5-11,17,19H,4H2,1-3H3. The molecule has 0 spiro atoms. The monoisotopic (exact) mass is 337 g/mol. The van der Waals surface area contributed by atoms with Crippen LogP contribution in [-0.4, -0.2) is 15.5 Å². The highest BCUT2D eigenvalue weighted by atomic mass is 32.2. The van der Waals surface area contributed by atoms with Crippen LogP contribution in [0.2, 0.25) is 0 Å². The van der Waals surface area contributed by atoms with E-state index in [1.807, 2.05) is 19.1 Å². The molecule has 4 nitrogen and oxygen atoms in total. The molecule has 2 aromatic rings. The zero-order valence-electron chi connectivity index (χ0n) is 13.3. The molecule has 0 aromatic heterocycles. The lowest BCUT2D eigenvalue weighted by atomic mass is 10.1. The minimum absolute atomic E-state index is 0.0587. The van der Waals surface area contributed by atoms with E-state index in [4.69, 9.17) is 4.74 Å². The lowest BCUT2D eigenvalue weighted by Gasteiger charge is -2.18. The van der Waals surface area contributed by atoms with E-state index in [2.05, 4.69) is 4.72 Å². The highest BCUT2D eigenvalue weighted by Crippen LogP contribution is 2.23. The van der Waals surface area contributed by atoms with Gasteiger partial charge >= 0.3 is 0 Å². The molecule has 0 aliphatic carbocycles. The zero-order chi connectivity index (χ0) is 17.0. The number of rotatable bonds is 6. The van der Waals surface area contributed by atoms with Crippen molar-refractivity contribution in [2.24, 2.45) is 0 Å². The van der Waals surface area contributed by atoms with Gasteiger partial charge in [0.15, 0.2) is 0 Å². The molecule has 23 heavy (non-hydrogen) atoms. The SMILES string of the molecule is CCC(NS(=O)(=O)c1ccc(F)c(C)c1)c1ccc(OC)cc1. The number of methoxy groups -OCH3 is 1. The first-order valence-corrected chi connectivity index (χ1v) is 8.78. The van der Waals surface area contributed by atoms with Crippen LogP contribution in [0, 0.1) is 12.7 Å². The Morgan fingerprint density at radius 1 is 1.17 bits per heavy atom. The summed E-state index contributed by atoms with van der Waals surface area (Å²) in [5, 5.41) is 0. The highest BCUT2D eigenvalue weighted by Gasteiger charge is 2.21. The van der Waals surface area contributed by atoms with Crippen LogP contribution in [0.5, 0.6) is 5.75 Å². The second kappa shape index (κ2) is 7.10.